The van der Waals surface area contributed by atoms with Crippen LogP contribution >= 0.6 is 0 Å². The Kier molecular flexibility index (Phi) is 6.17. The van der Waals surface area contributed by atoms with Gasteiger partial charge < -0.3 is 9.64 Å². The summed E-state index contributed by atoms with van der Waals surface area (Å²) in [7, 11) is -2.34. The number of carbonyl (C=O) groups excluding carboxylic acids is 1. The highest BCUT2D eigenvalue weighted by molar-refractivity contribution is 7.88. The highest BCUT2D eigenvalue weighted by atomic mass is 32.2. The van der Waals surface area contributed by atoms with Crippen LogP contribution in [-0.2, 0) is 27.4 Å². The summed E-state index contributed by atoms with van der Waals surface area (Å²) in [5.41, 5.74) is -0.427. The fourth-order valence-electron chi connectivity index (χ4n) is 3.18. The Labute approximate surface area is 150 Å². The van der Waals surface area contributed by atoms with Gasteiger partial charge in [-0.1, -0.05) is 18.2 Å². The van der Waals surface area contributed by atoms with Gasteiger partial charge >= 0.3 is 12.3 Å². The first-order chi connectivity index (χ1) is 12.0. The molecule has 10 heteroatoms. The highest BCUT2D eigenvalue weighted by Crippen LogP contribution is 2.30. The van der Waals surface area contributed by atoms with E-state index in [0.717, 1.165) is 18.4 Å². The van der Waals surface area contributed by atoms with E-state index in [1.54, 1.807) is 0 Å². The lowest BCUT2D eigenvalue weighted by atomic mass is 9.91. The summed E-state index contributed by atoms with van der Waals surface area (Å²) in [5.74, 6) is 0. The lowest BCUT2D eigenvalue weighted by Gasteiger charge is -2.40. The van der Waals surface area contributed by atoms with E-state index in [2.05, 4.69) is 4.72 Å². The molecule has 0 bridgehead atoms. The average molecular weight is 394 g/mol. The topological polar surface area (TPSA) is 75.7 Å². The van der Waals surface area contributed by atoms with Crippen LogP contribution in [0.4, 0.5) is 18.0 Å². The summed E-state index contributed by atoms with van der Waals surface area (Å²) in [5, 5.41) is 0. The van der Waals surface area contributed by atoms with Crippen LogP contribution in [0.1, 0.15) is 24.0 Å². The average Bonchev–Trinajstić information content (AvgIpc) is 2.54. The van der Waals surface area contributed by atoms with E-state index in [1.165, 1.54) is 24.1 Å². The molecule has 0 radical (unpaired) electrons. The maximum Gasteiger partial charge on any atom is 0.416 e. The predicted octanol–water partition coefficient (Wildman–Crippen LogP) is 2.40. The van der Waals surface area contributed by atoms with Crippen molar-refractivity contribution < 1.29 is 31.1 Å². The Morgan fingerprint density at radius 2 is 2.08 bits per heavy atom. The van der Waals surface area contributed by atoms with Crippen LogP contribution in [0.15, 0.2) is 24.3 Å². The Morgan fingerprint density at radius 1 is 1.38 bits per heavy atom. The number of halogens is 3. The molecular weight excluding hydrogens is 373 g/mol. The molecule has 1 N–H and O–H groups in total. The number of rotatable bonds is 4. The van der Waals surface area contributed by atoms with Gasteiger partial charge in [-0.2, -0.15) is 13.2 Å². The molecule has 1 fully saturated rings. The summed E-state index contributed by atoms with van der Waals surface area (Å²) in [6.07, 6.45) is -3.00. The van der Waals surface area contributed by atoms with Crippen LogP contribution < -0.4 is 4.72 Å². The SMILES string of the molecule is COC(=O)N1CCC[C@H](NS(C)(=O)=O)[C@@H]1Cc1cccc(C(F)(F)F)c1. The molecule has 1 aliphatic rings. The lowest BCUT2D eigenvalue weighted by molar-refractivity contribution is -0.137. The molecule has 0 unspecified atom stereocenters. The monoisotopic (exact) mass is 394 g/mol. The van der Waals surface area contributed by atoms with Crippen molar-refractivity contribution in [1.82, 2.24) is 9.62 Å². The van der Waals surface area contributed by atoms with Crippen molar-refractivity contribution in [3.8, 4) is 0 Å². The minimum absolute atomic E-state index is 0.0756. The maximum absolute atomic E-state index is 12.9. The highest BCUT2D eigenvalue weighted by Gasteiger charge is 2.37. The van der Waals surface area contributed by atoms with E-state index >= 15 is 0 Å². The normalized spacial score (nSPS) is 21.5. The Hall–Kier alpha value is -1.81. The van der Waals surface area contributed by atoms with Gasteiger partial charge in [-0.15, -0.1) is 0 Å². The summed E-state index contributed by atoms with van der Waals surface area (Å²) in [6.45, 7) is 0.345. The number of hydrogen-bond donors (Lipinski definition) is 1. The number of piperidine rings is 1. The molecule has 1 aromatic rings. The van der Waals surface area contributed by atoms with Crippen molar-refractivity contribution in [2.24, 2.45) is 0 Å². The molecule has 0 aliphatic carbocycles. The number of nitrogens with one attached hydrogen (secondary N) is 1. The number of ether oxygens (including phenoxy) is 1. The van der Waals surface area contributed by atoms with Gasteiger partial charge in [-0.3, -0.25) is 0 Å². The first-order valence-electron chi connectivity index (χ1n) is 7.99. The number of carbonyl (C=O) groups is 1. The second-order valence-electron chi connectivity index (χ2n) is 6.27. The zero-order valence-corrected chi connectivity index (χ0v) is 15.2. The second-order valence-corrected chi connectivity index (χ2v) is 8.05. The number of amides is 1. The van der Waals surface area contributed by atoms with Crippen molar-refractivity contribution in [2.75, 3.05) is 19.9 Å². The van der Waals surface area contributed by atoms with Gasteiger partial charge in [0.25, 0.3) is 0 Å². The quantitative estimate of drug-likeness (QED) is 0.851. The first kappa shape index (κ1) is 20.5. The van der Waals surface area contributed by atoms with Crippen molar-refractivity contribution in [2.45, 2.75) is 37.5 Å². The van der Waals surface area contributed by atoms with Crippen molar-refractivity contribution in [3.05, 3.63) is 35.4 Å². The molecule has 1 saturated heterocycles. The van der Waals surface area contributed by atoms with Crippen LogP contribution in [0.5, 0.6) is 0 Å². The van der Waals surface area contributed by atoms with Gasteiger partial charge in [0.15, 0.2) is 0 Å². The predicted molar refractivity (Wildman–Crippen MR) is 89.0 cm³/mol. The second kappa shape index (κ2) is 7.83. The number of likely N-dealkylation sites (tertiary alicyclic amines) is 1. The molecule has 0 spiro atoms. The van der Waals surface area contributed by atoms with Crippen LogP contribution in [0.3, 0.4) is 0 Å². The van der Waals surface area contributed by atoms with E-state index in [9.17, 15) is 26.4 Å². The van der Waals surface area contributed by atoms with Crippen molar-refractivity contribution in [1.29, 1.82) is 0 Å². The zero-order valence-electron chi connectivity index (χ0n) is 14.4. The van der Waals surface area contributed by atoms with Gasteiger partial charge in [-0.05, 0) is 30.9 Å². The summed E-state index contributed by atoms with van der Waals surface area (Å²) >= 11 is 0. The van der Waals surface area contributed by atoms with Crippen LogP contribution in [0.25, 0.3) is 0 Å². The molecule has 146 valence electrons. The summed E-state index contributed by atoms with van der Waals surface area (Å²) < 4.78 is 69.3. The molecule has 2 rings (SSSR count). The lowest BCUT2D eigenvalue weighted by Crippen LogP contribution is -2.57. The van der Waals surface area contributed by atoms with E-state index in [4.69, 9.17) is 4.74 Å². The number of methoxy groups -OCH3 is 1. The minimum Gasteiger partial charge on any atom is -0.453 e. The fraction of sp³-hybridized carbons (Fsp3) is 0.562. The van der Waals surface area contributed by atoms with E-state index in [-0.39, 0.29) is 6.42 Å². The van der Waals surface area contributed by atoms with E-state index < -0.39 is 39.9 Å². The molecule has 2 atom stereocenters. The molecule has 0 aromatic heterocycles. The molecule has 1 amide bonds. The minimum atomic E-state index is -4.48. The number of alkyl halides is 3. The largest absolute Gasteiger partial charge is 0.453 e. The Morgan fingerprint density at radius 3 is 2.65 bits per heavy atom. The van der Waals surface area contributed by atoms with Gasteiger partial charge in [0.1, 0.15) is 0 Å². The smallest absolute Gasteiger partial charge is 0.416 e. The molecule has 1 aliphatic heterocycles. The Balaban J connectivity index is 2.33. The number of hydrogen-bond acceptors (Lipinski definition) is 4. The number of nitrogens with zero attached hydrogens (tertiary/aromatic N) is 1. The third-order valence-corrected chi connectivity index (χ3v) is 4.98. The molecule has 6 nitrogen and oxygen atoms in total. The van der Waals surface area contributed by atoms with Crippen LogP contribution in [0.2, 0.25) is 0 Å². The molecule has 1 heterocycles. The Bertz CT molecular complexity index is 752. The van der Waals surface area contributed by atoms with Gasteiger partial charge in [-0.25, -0.2) is 17.9 Å². The fourth-order valence-corrected chi connectivity index (χ4v) is 4.01. The maximum atomic E-state index is 12.9. The van der Waals surface area contributed by atoms with E-state index in [1.807, 2.05) is 0 Å². The molecule has 1 aromatic carbocycles. The van der Waals surface area contributed by atoms with Gasteiger partial charge in [0.2, 0.25) is 10.0 Å². The van der Waals surface area contributed by atoms with Crippen LogP contribution in [-0.4, -0.2) is 51.4 Å². The number of sulfonamides is 1. The number of benzene rings is 1. The molecule has 26 heavy (non-hydrogen) atoms. The molecular formula is C16H21F3N2O4S. The zero-order chi connectivity index (χ0) is 19.5. The first-order valence-corrected chi connectivity index (χ1v) is 9.88. The van der Waals surface area contributed by atoms with Gasteiger partial charge in [0, 0.05) is 12.6 Å². The summed E-state index contributed by atoms with van der Waals surface area (Å²) in [6, 6.07) is 3.55. The van der Waals surface area contributed by atoms with Gasteiger partial charge in [0.05, 0.1) is 25.0 Å². The van der Waals surface area contributed by atoms with Crippen molar-refractivity contribution >= 4 is 16.1 Å². The van der Waals surface area contributed by atoms with E-state index in [0.29, 0.717) is 24.9 Å². The summed E-state index contributed by atoms with van der Waals surface area (Å²) in [4.78, 5) is 13.4. The molecule has 0 saturated carbocycles. The van der Waals surface area contributed by atoms with Crippen LogP contribution in [0, 0.1) is 0 Å². The third-order valence-electron chi connectivity index (χ3n) is 4.25. The standard InChI is InChI=1S/C16H21F3N2O4S/c1-25-15(22)21-8-4-7-13(20-26(2,23)24)14(21)10-11-5-3-6-12(9-11)16(17,18)19/h3,5-6,9,13-14,20H,4,7-8,10H2,1-2H3/t13-,14-/m0/s1. The van der Waals surface area contributed by atoms with Crippen molar-refractivity contribution in [3.63, 3.8) is 0 Å². The third kappa shape index (κ3) is 5.34.